The Morgan fingerprint density at radius 3 is 2.14 bits per heavy atom. The summed E-state index contributed by atoms with van der Waals surface area (Å²) in [7, 11) is 4.47. The SMILES string of the molecule is COc1cc(/C=C(\NC(=O)c2ccccc2)C(=O)Nc2cccc(SCC(=O)c3ccccc3Cl)c2)cc(OC)c1OC. The van der Waals surface area contributed by atoms with Crippen LogP contribution in [0, 0.1) is 0 Å². The van der Waals surface area contributed by atoms with Gasteiger partial charge in [0.1, 0.15) is 5.70 Å². The second-order valence-corrected chi connectivity index (χ2v) is 10.5. The maximum Gasteiger partial charge on any atom is 0.272 e. The van der Waals surface area contributed by atoms with Crippen LogP contribution in [0.25, 0.3) is 6.08 Å². The number of hydrogen-bond donors (Lipinski definition) is 2. The maximum absolute atomic E-state index is 13.6. The van der Waals surface area contributed by atoms with E-state index in [1.165, 1.54) is 39.2 Å². The van der Waals surface area contributed by atoms with E-state index in [1.54, 1.807) is 84.9 Å². The normalized spacial score (nSPS) is 10.9. The second kappa shape index (κ2) is 14.9. The molecule has 0 aliphatic heterocycles. The van der Waals surface area contributed by atoms with Gasteiger partial charge in [0, 0.05) is 21.7 Å². The standard InChI is InChI=1S/C33H29ClN2O6S/c1-40-29-17-21(18-30(41-2)31(29)42-3)16-27(36-32(38)22-10-5-4-6-11-22)33(39)35-23-12-9-13-24(19-23)43-20-28(37)25-14-7-8-15-26(25)34/h4-19H,20H2,1-3H3,(H,35,39)(H,36,38)/b27-16-. The molecular weight excluding hydrogens is 588 g/mol. The Balaban J connectivity index is 1.58. The maximum atomic E-state index is 13.6. The highest BCUT2D eigenvalue weighted by molar-refractivity contribution is 8.00. The smallest absolute Gasteiger partial charge is 0.272 e. The van der Waals surface area contributed by atoms with E-state index >= 15 is 0 Å². The number of ketones is 1. The van der Waals surface area contributed by atoms with Crippen molar-refractivity contribution in [1.29, 1.82) is 0 Å². The molecule has 0 unspecified atom stereocenters. The molecule has 2 N–H and O–H groups in total. The zero-order chi connectivity index (χ0) is 30.8. The number of halogens is 1. The molecule has 0 heterocycles. The van der Waals surface area contributed by atoms with E-state index in [9.17, 15) is 14.4 Å². The minimum atomic E-state index is -0.563. The number of anilines is 1. The van der Waals surface area contributed by atoms with Gasteiger partial charge >= 0.3 is 0 Å². The third-order valence-corrected chi connectivity index (χ3v) is 7.49. The fourth-order valence-corrected chi connectivity index (χ4v) is 5.15. The fourth-order valence-electron chi connectivity index (χ4n) is 4.07. The number of Topliss-reactive ketones (excluding diaryl/α,β-unsaturated/α-hetero) is 1. The van der Waals surface area contributed by atoms with Gasteiger partial charge in [0.2, 0.25) is 5.75 Å². The van der Waals surface area contributed by atoms with Crippen LogP contribution < -0.4 is 24.8 Å². The Bertz CT molecular complexity index is 1630. The number of thioether (sulfide) groups is 1. The van der Waals surface area contributed by atoms with Crippen LogP contribution in [0.2, 0.25) is 5.02 Å². The van der Waals surface area contributed by atoms with Crippen molar-refractivity contribution < 1.29 is 28.6 Å². The lowest BCUT2D eigenvalue weighted by Gasteiger charge is -2.15. The molecule has 0 spiro atoms. The molecule has 0 saturated heterocycles. The van der Waals surface area contributed by atoms with Crippen LogP contribution in [0.4, 0.5) is 5.69 Å². The van der Waals surface area contributed by atoms with Gasteiger partial charge in [-0.05, 0) is 66.2 Å². The molecule has 0 bridgehead atoms. The van der Waals surface area contributed by atoms with Crippen molar-refractivity contribution >= 4 is 52.7 Å². The molecule has 10 heteroatoms. The zero-order valence-corrected chi connectivity index (χ0v) is 25.3. The van der Waals surface area contributed by atoms with Crippen molar-refractivity contribution in [2.75, 3.05) is 32.4 Å². The summed E-state index contributed by atoms with van der Waals surface area (Å²) >= 11 is 7.48. The summed E-state index contributed by atoms with van der Waals surface area (Å²) in [5.41, 5.74) is 1.82. The predicted molar refractivity (Wildman–Crippen MR) is 170 cm³/mol. The van der Waals surface area contributed by atoms with Gasteiger partial charge in [0.15, 0.2) is 17.3 Å². The van der Waals surface area contributed by atoms with Crippen molar-refractivity contribution in [3.63, 3.8) is 0 Å². The zero-order valence-electron chi connectivity index (χ0n) is 23.7. The van der Waals surface area contributed by atoms with E-state index in [2.05, 4.69) is 10.6 Å². The average molecular weight is 617 g/mol. The van der Waals surface area contributed by atoms with E-state index in [-0.39, 0.29) is 17.2 Å². The first-order valence-electron chi connectivity index (χ1n) is 13.0. The number of hydrogen-bond acceptors (Lipinski definition) is 7. The minimum absolute atomic E-state index is 0.0184. The summed E-state index contributed by atoms with van der Waals surface area (Å²) in [5, 5.41) is 5.96. The Hall–Kier alpha value is -4.73. The van der Waals surface area contributed by atoms with Gasteiger partial charge in [-0.2, -0.15) is 0 Å². The molecule has 0 radical (unpaired) electrons. The summed E-state index contributed by atoms with van der Waals surface area (Å²) in [4.78, 5) is 40.0. The largest absolute Gasteiger partial charge is 0.493 e. The molecule has 4 aromatic rings. The molecule has 2 amide bonds. The van der Waals surface area contributed by atoms with Crippen LogP contribution in [-0.4, -0.2) is 44.7 Å². The van der Waals surface area contributed by atoms with Crippen molar-refractivity contribution in [1.82, 2.24) is 5.32 Å². The average Bonchev–Trinajstić information content (AvgIpc) is 3.03. The molecule has 4 rings (SSSR count). The lowest BCUT2D eigenvalue weighted by molar-refractivity contribution is -0.113. The molecule has 0 aliphatic rings. The third-order valence-electron chi connectivity index (χ3n) is 6.16. The number of benzene rings is 4. The number of amides is 2. The van der Waals surface area contributed by atoms with Crippen LogP contribution in [-0.2, 0) is 4.79 Å². The first-order valence-corrected chi connectivity index (χ1v) is 14.4. The number of carbonyl (C=O) groups excluding carboxylic acids is 3. The molecule has 220 valence electrons. The number of ether oxygens (including phenoxy) is 3. The van der Waals surface area contributed by atoms with Gasteiger partial charge in [-0.1, -0.05) is 48.0 Å². The van der Waals surface area contributed by atoms with Crippen LogP contribution >= 0.6 is 23.4 Å². The summed E-state index contributed by atoms with van der Waals surface area (Å²) < 4.78 is 16.3. The van der Waals surface area contributed by atoms with Gasteiger partial charge in [0.25, 0.3) is 11.8 Å². The predicted octanol–water partition coefficient (Wildman–Crippen LogP) is 6.75. The Kier molecular flexibility index (Phi) is 10.9. The van der Waals surface area contributed by atoms with Crippen molar-refractivity contribution in [3.8, 4) is 17.2 Å². The summed E-state index contributed by atoms with van der Waals surface area (Å²) in [6.07, 6.45) is 1.52. The number of methoxy groups -OCH3 is 3. The van der Waals surface area contributed by atoms with Gasteiger partial charge in [-0.3, -0.25) is 14.4 Å². The van der Waals surface area contributed by atoms with Gasteiger partial charge < -0.3 is 24.8 Å². The summed E-state index contributed by atoms with van der Waals surface area (Å²) in [6.45, 7) is 0. The monoisotopic (exact) mass is 616 g/mol. The van der Waals surface area contributed by atoms with Crippen LogP contribution in [0.1, 0.15) is 26.3 Å². The molecule has 0 saturated carbocycles. The minimum Gasteiger partial charge on any atom is -0.493 e. The Morgan fingerprint density at radius 1 is 0.814 bits per heavy atom. The molecule has 43 heavy (non-hydrogen) atoms. The van der Waals surface area contributed by atoms with Crippen LogP contribution in [0.5, 0.6) is 17.2 Å². The Labute approximate surface area is 259 Å². The van der Waals surface area contributed by atoms with Crippen molar-refractivity contribution in [3.05, 3.63) is 118 Å². The third kappa shape index (κ3) is 8.18. The second-order valence-electron chi connectivity index (χ2n) is 9.01. The van der Waals surface area contributed by atoms with E-state index in [4.69, 9.17) is 25.8 Å². The highest BCUT2D eigenvalue weighted by atomic mass is 35.5. The van der Waals surface area contributed by atoms with Crippen LogP contribution in [0.3, 0.4) is 0 Å². The molecular formula is C33H29ClN2O6S. The Morgan fingerprint density at radius 2 is 1.49 bits per heavy atom. The van der Waals surface area contributed by atoms with E-state index in [1.807, 2.05) is 6.07 Å². The number of rotatable bonds is 12. The molecule has 0 aromatic heterocycles. The van der Waals surface area contributed by atoms with Crippen LogP contribution in [0.15, 0.2) is 102 Å². The summed E-state index contributed by atoms with van der Waals surface area (Å²) in [5.74, 6) is 0.203. The lowest BCUT2D eigenvalue weighted by Crippen LogP contribution is -2.30. The topological polar surface area (TPSA) is 103 Å². The van der Waals surface area contributed by atoms with Gasteiger partial charge in [0.05, 0.1) is 32.1 Å². The quantitative estimate of drug-likeness (QED) is 0.103. The number of carbonyl (C=O) groups is 3. The van der Waals surface area contributed by atoms with Crippen molar-refractivity contribution in [2.45, 2.75) is 4.90 Å². The summed E-state index contributed by atoms with van der Waals surface area (Å²) in [6, 6.07) is 25.8. The molecule has 0 fully saturated rings. The number of nitrogens with one attached hydrogen (secondary N) is 2. The first-order chi connectivity index (χ1) is 20.8. The van der Waals surface area contributed by atoms with E-state index in [0.29, 0.717) is 44.6 Å². The highest BCUT2D eigenvalue weighted by Gasteiger charge is 2.18. The van der Waals surface area contributed by atoms with Gasteiger partial charge in [-0.25, -0.2) is 0 Å². The molecule has 0 aliphatic carbocycles. The van der Waals surface area contributed by atoms with Gasteiger partial charge in [-0.15, -0.1) is 11.8 Å². The fraction of sp³-hybridized carbons (Fsp3) is 0.121. The molecule has 4 aromatic carbocycles. The van der Waals surface area contributed by atoms with E-state index in [0.717, 1.165) is 4.90 Å². The highest BCUT2D eigenvalue weighted by Crippen LogP contribution is 2.38. The molecule has 0 atom stereocenters. The molecule has 8 nitrogen and oxygen atoms in total. The first kappa shape index (κ1) is 31.2. The lowest BCUT2D eigenvalue weighted by atomic mass is 10.1. The van der Waals surface area contributed by atoms with Crippen molar-refractivity contribution in [2.24, 2.45) is 0 Å². The van der Waals surface area contributed by atoms with E-state index < -0.39 is 11.8 Å².